The number of hydrogen-bond acceptors (Lipinski definition) is 8. The number of nitrogens with one attached hydrogen (secondary N) is 2. The quantitative estimate of drug-likeness (QED) is 0.283. The number of aromatic nitrogens is 2. The Morgan fingerprint density at radius 2 is 1.18 bits per heavy atom. The molecular weight excluding hydrogens is 554 g/mol. The Kier molecular flexibility index (Phi) is 6.73. The van der Waals surface area contributed by atoms with Crippen molar-refractivity contribution < 1.29 is 18.4 Å². The predicted molar refractivity (Wildman–Crippen MR) is 150 cm³/mol. The van der Waals surface area contributed by atoms with Crippen LogP contribution in [0.1, 0.15) is 75.1 Å². The van der Waals surface area contributed by atoms with Gasteiger partial charge in [0.1, 0.15) is 11.6 Å². The minimum atomic E-state index is -0.596. The summed E-state index contributed by atoms with van der Waals surface area (Å²) in [5.41, 5.74) is 16.6. The molecule has 2 atom stereocenters. The molecule has 0 aliphatic carbocycles. The van der Waals surface area contributed by atoms with E-state index in [-0.39, 0.29) is 22.1 Å². The maximum Gasteiger partial charge on any atom is 0.277 e. The van der Waals surface area contributed by atoms with E-state index >= 15 is 8.78 Å². The van der Waals surface area contributed by atoms with Crippen LogP contribution >= 0.6 is 22.7 Å². The fraction of sp³-hybridized carbons (Fsp3) is 0.286. The van der Waals surface area contributed by atoms with Gasteiger partial charge in [-0.05, 0) is 71.5 Å². The average Bonchev–Trinajstić information content (AvgIpc) is 3.56. The van der Waals surface area contributed by atoms with Crippen LogP contribution in [0.25, 0.3) is 11.1 Å². The summed E-state index contributed by atoms with van der Waals surface area (Å²) in [6.07, 6.45) is 1.27. The first-order chi connectivity index (χ1) is 19.1. The Morgan fingerprint density at radius 1 is 0.775 bits per heavy atom. The number of rotatable bonds is 5. The molecule has 2 aromatic heterocycles. The SMILES string of the molecule is Cc1c(-c2cc(F)cc(C3NCCc4nc(C(N)=O)sc43)c2C)cc(F)cc1C1NCCc2nc(C(N)=O)sc21. The van der Waals surface area contributed by atoms with Gasteiger partial charge in [0.25, 0.3) is 11.8 Å². The lowest BCUT2D eigenvalue weighted by Gasteiger charge is -2.28. The van der Waals surface area contributed by atoms with Gasteiger partial charge in [-0.1, -0.05) is 0 Å². The molecule has 4 aromatic rings. The van der Waals surface area contributed by atoms with Crippen molar-refractivity contribution in [3.63, 3.8) is 0 Å². The first kappa shape index (κ1) is 26.6. The minimum absolute atomic E-state index is 0.223. The number of benzene rings is 2. The van der Waals surface area contributed by atoms with Crippen LogP contribution in [-0.4, -0.2) is 34.9 Å². The first-order valence-corrected chi connectivity index (χ1v) is 14.4. The molecule has 0 saturated carbocycles. The topological polar surface area (TPSA) is 136 Å². The third-order valence-electron chi connectivity index (χ3n) is 7.56. The Balaban J connectivity index is 1.47. The number of amides is 2. The normalized spacial score (nSPS) is 18.3. The number of fused-ring (bicyclic) bond motifs is 2. The highest BCUT2D eigenvalue weighted by molar-refractivity contribution is 7.14. The molecule has 2 amide bonds. The van der Waals surface area contributed by atoms with Crippen LogP contribution in [0.4, 0.5) is 8.78 Å². The lowest BCUT2D eigenvalue weighted by Crippen LogP contribution is -2.30. The second-order valence-corrected chi connectivity index (χ2v) is 12.1. The number of hydrogen-bond donors (Lipinski definition) is 4. The summed E-state index contributed by atoms with van der Waals surface area (Å²) in [5, 5.41) is 7.30. The van der Waals surface area contributed by atoms with Crippen LogP contribution in [0.2, 0.25) is 0 Å². The van der Waals surface area contributed by atoms with E-state index in [1.165, 1.54) is 46.9 Å². The second kappa shape index (κ2) is 10.1. The fourth-order valence-electron chi connectivity index (χ4n) is 5.66. The monoisotopic (exact) mass is 580 g/mol. The van der Waals surface area contributed by atoms with Crippen LogP contribution in [0.15, 0.2) is 24.3 Å². The van der Waals surface area contributed by atoms with Gasteiger partial charge >= 0.3 is 0 Å². The van der Waals surface area contributed by atoms with Crippen LogP contribution in [0, 0.1) is 25.5 Å². The van der Waals surface area contributed by atoms with Gasteiger partial charge in [0, 0.05) is 35.7 Å². The van der Waals surface area contributed by atoms with E-state index in [1.807, 2.05) is 13.8 Å². The van der Waals surface area contributed by atoms with Crippen LogP contribution in [0.3, 0.4) is 0 Å². The highest BCUT2D eigenvalue weighted by Gasteiger charge is 2.31. The lowest BCUT2D eigenvalue weighted by atomic mass is 9.86. The summed E-state index contributed by atoms with van der Waals surface area (Å²) in [6.45, 7) is 4.98. The number of primary amides is 2. The van der Waals surface area contributed by atoms with E-state index in [2.05, 4.69) is 20.6 Å². The van der Waals surface area contributed by atoms with Crippen molar-refractivity contribution in [2.24, 2.45) is 11.5 Å². The number of thiazole rings is 2. The number of nitrogens with zero attached hydrogens (tertiary/aromatic N) is 2. The van der Waals surface area contributed by atoms with Gasteiger partial charge in [0.05, 0.1) is 23.5 Å². The van der Waals surface area contributed by atoms with Crippen molar-refractivity contribution in [3.8, 4) is 11.1 Å². The van der Waals surface area contributed by atoms with Crippen LogP contribution < -0.4 is 22.1 Å². The van der Waals surface area contributed by atoms with Gasteiger partial charge in [-0.3, -0.25) is 9.59 Å². The molecule has 6 rings (SSSR count). The summed E-state index contributed by atoms with van der Waals surface area (Å²) in [7, 11) is 0. The first-order valence-electron chi connectivity index (χ1n) is 12.8. The maximum atomic E-state index is 15.3. The fourth-order valence-corrected chi connectivity index (χ4v) is 7.78. The van der Waals surface area contributed by atoms with Gasteiger partial charge in [-0.2, -0.15) is 0 Å². The van der Waals surface area contributed by atoms with Crippen molar-refractivity contribution in [2.45, 2.75) is 38.8 Å². The highest BCUT2D eigenvalue weighted by Crippen LogP contribution is 2.42. The molecule has 4 heterocycles. The Bertz CT molecular complexity index is 1570. The Hall–Kier alpha value is -3.58. The van der Waals surface area contributed by atoms with E-state index in [9.17, 15) is 9.59 Å². The molecule has 2 aliphatic rings. The molecule has 0 spiro atoms. The molecule has 12 heteroatoms. The molecule has 206 valence electrons. The summed E-state index contributed by atoms with van der Waals surface area (Å²) in [5.74, 6) is -2.11. The lowest BCUT2D eigenvalue weighted by molar-refractivity contribution is 0.0991. The van der Waals surface area contributed by atoms with Crippen molar-refractivity contribution in [1.82, 2.24) is 20.6 Å². The number of carbonyl (C=O) groups excluding carboxylic acids is 2. The maximum absolute atomic E-state index is 15.3. The van der Waals surface area contributed by atoms with Gasteiger partial charge in [0.15, 0.2) is 10.0 Å². The molecular formula is C28H26F2N6O2S2. The average molecular weight is 581 g/mol. The third-order valence-corrected chi connectivity index (χ3v) is 9.91. The molecule has 2 aromatic carbocycles. The van der Waals surface area contributed by atoms with Crippen molar-refractivity contribution in [2.75, 3.05) is 13.1 Å². The summed E-state index contributed by atoms with van der Waals surface area (Å²) < 4.78 is 30.5. The molecule has 0 bridgehead atoms. The zero-order valence-corrected chi connectivity index (χ0v) is 23.4. The van der Waals surface area contributed by atoms with Crippen LogP contribution in [-0.2, 0) is 12.8 Å². The number of carbonyl (C=O) groups is 2. The van der Waals surface area contributed by atoms with Crippen molar-refractivity contribution >= 4 is 34.5 Å². The number of nitrogens with two attached hydrogens (primary N) is 2. The van der Waals surface area contributed by atoms with E-state index in [1.54, 1.807) is 0 Å². The van der Waals surface area contributed by atoms with Crippen molar-refractivity contribution in [3.05, 3.63) is 89.3 Å². The van der Waals surface area contributed by atoms with E-state index in [0.717, 1.165) is 32.3 Å². The molecule has 2 aliphatic heterocycles. The molecule has 40 heavy (non-hydrogen) atoms. The Labute approximate surface area is 236 Å². The van der Waals surface area contributed by atoms with E-state index in [4.69, 9.17) is 11.5 Å². The van der Waals surface area contributed by atoms with Gasteiger partial charge in [0.2, 0.25) is 0 Å². The molecule has 0 radical (unpaired) electrons. The highest BCUT2D eigenvalue weighted by atomic mass is 32.1. The second-order valence-electron chi connectivity index (χ2n) is 10.00. The molecule has 8 nitrogen and oxygen atoms in total. The molecule has 2 unspecified atom stereocenters. The summed E-state index contributed by atoms with van der Waals surface area (Å²) in [4.78, 5) is 34.0. The third kappa shape index (κ3) is 4.50. The zero-order valence-electron chi connectivity index (χ0n) is 21.7. The van der Waals surface area contributed by atoms with E-state index < -0.39 is 23.4 Å². The minimum Gasteiger partial charge on any atom is -0.364 e. The Morgan fingerprint density at radius 3 is 1.55 bits per heavy atom. The molecule has 0 fully saturated rings. The standard InChI is InChI=1S/C28H26F2N6O2S2/c1-11-15(7-13(29)9-17(11)21-23-19(3-5-33-21)35-27(39-23)25(31)37)16-8-14(30)10-18(12(16)2)22-24-20(4-6-34-22)36-28(40-24)26(32)38/h7-10,21-22,33-34H,3-6H2,1-2H3,(H2,31,37)(H2,32,38). The largest absolute Gasteiger partial charge is 0.364 e. The van der Waals surface area contributed by atoms with Crippen LogP contribution in [0.5, 0.6) is 0 Å². The molecule has 6 N–H and O–H groups in total. The smallest absolute Gasteiger partial charge is 0.277 e. The van der Waals surface area contributed by atoms with E-state index in [0.29, 0.717) is 48.2 Å². The van der Waals surface area contributed by atoms with Gasteiger partial charge in [-0.15, -0.1) is 22.7 Å². The van der Waals surface area contributed by atoms with Gasteiger partial charge < -0.3 is 22.1 Å². The number of halogens is 2. The predicted octanol–water partition coefficient (Wildman–Crippen LogP) is 3.83. The molecule has 0 saturated heterocycles. The zero-order chi connectivity index (χ0) is 28.3. The summed E-state index contributed by atoms with van der Waals surface area (Å²) in [6, 6.07) is 5.03. The van der Waals surface area contributed by atoms with Crippen molar-refractivity contribution in [1.29, 1.82) is 0 Å². The summed E-state index contributed by atoms with van der Waals surface area (Å²) >= 11 is 2.42. The van der Waals surface area contributed by atoms with Gasteiger partial charge in [-0.25, -0.2) is 18.7 Å².